The summed E-state index contributed by atoms with van der Waals surface area (Å²) in [6.07, 6.45) is -1.73. The number of alkyl carbamates (subject to hydrolysis) is 1. The van der Waals surface area contributed by atoms with Crippen LogP contribution in [-0.2, 0) is 9.53 Å². The highest BCUT2D eigenvalue weighted by molar-refractivity contribution is 5.95. The van der Waals surface area contributed by atoms with Crippen LogP contribution < -0.4 is 5.32 Å². The molecule has 0 spiro atoms. The molecule has 0 aromatic carbocycles. The van der Waals surface area contributed by atoms with Crippen molar-refractivity contribution in [3.05, 3.63) is 0 Å². The Bertz CT molecular complexity index is 238. The largest absolute Gasteiger partial charge is 0.425 e. The summed E-state index contributed by atoms with van der Waals surface area (Å²) < 4.78 is 4.20. The molecule has 0 aromatic heterocycles. The van der Waals surface area contributed by atoms with Crippen molar-refractivity contribution in [3.8, 4) is 0 Å². The molecule has 6 nitrogen and oxygen atoms in total. The number of rotatable bonds is 0. The predicted octanol–water partition coefficient (Wildman–Crippen LogP) is -0.305. The molecule has 0 aliphatic carbocycles. The van der Waals surface area contributed by atoms with Gasteiger partial charge in [0.25, 0.3) is 0 Å². The number of nitrogens with one attached hydrogen (secondary N) is 1. The Hall–Kier alpha value is -1.59. The first-order valence-electron chi connectivity index (χ1n) is 3.39. The Kier molecular flexibility index (Phi) is 2.27. The zero-order valence-electron chi connectivity index (χ0n) is 6.49. The van der Waals surface area contributed by atoms with Gasteiger partial charge in [-0.25, -0.2) is 14.5 Å². The van der Waals surface area contributed by atoms with E-state index in [2.05, 4.69) is 10.1 Å². The maximum Gasteiger partial charge on any atom is 0.425 e. The summed E-state index contributed by atoms with van der Waals surface area (Å²) in [5, 5.41) is 2.28. The van der Waals surface area contributed by atoms with E-state index >= 15 is 0 Å². The SMILES string of the molecule is CC(=O)N1CCNC(=O)OC1=O. The van der Waals surface area contributed by atoms with Gasteiger partial charge in [0, 0.05) is 20.0 Å². The third-order valence-electron chi connectivity index (χ3n) is 1.39. The van der Waals surface area contributed by atoms with Crippen LogP contribution in [0.5, 0.6) is 0 Å². The number of carbonyl (C=O) groups excluding carboxylic acids is 3. The van der Waals surface area contributed by atoms with Crippen LogP contribution in [0, 0.1) is 0 Å². The van der Waals surface area contributed by atoms with Crippen molar-refractivity contribution in [2.75, 3.05) is 13.1 Å². The van der Waals surface area contributed by atoms with E-state index in [9.17, 15) is 14.4 Å². The number of amides is 3. The van der Waals surface area contributed by atoms with Gasteiger partial charge in [-0.1, -0.05) is 0 Å². The fraction of sp³-hybridized carbons (Fsp3) is 0.500. The van der Waals surface area contributed by atoms with E-state index in [-0.39, 0.29) is 13.1 Å². The van der Waals surface area contributed by atoms with Gasteiger partial charge in [-0.2, -0.15) is 0 Å². The number of cyclic esters (lactones) is 2. The molecule has 1 heterocycles. The molecule has 0 radical (unpaired) electrons. The molecule has 0 saturated carbocycles. The van der Waals surface area contributed by atoms with E-state index in [1.54, 1.807) is 0 Å². The van der Waals surface area contributed by atoms with Crippen molar-refractivity contribution in [2.24, 2.45) is 0 Å². The molecule has 12 heavy (non-hydrogen) atoms. The molecule has 1 aliphatic heterocycles. The summed E-state index contributed by atoms with van der Waals surface area (Å²) in [4.78, 5) is 33.1. The molecule has 0 aromatic rings. The van der Waals surface area contributed by atoms with Crippen molar-refractivity contribution in [2.45, 2.75) is 6.92 Å². The lowest BCUT2D eigenvalue weighted by atomic mass is 10.5. The number of imide groups is 1. The molecule has 1 aliphatic rings. The monoisotopic (exact) mass is 172 g/mol. The molecule has 0 atom stereocenters. The summed E-state index contributed by atoms with van der Waals surface area (Å²) >= 11 is 0. The Morgan fingerprint density at radius 2 is 2.25 bits per heavy atom. The number of carbonyl (C=O) groups is 3. The summed E-state index contributed by atoms with van der Waals surface area (Å²) in [7, 11) is 0. The fourth-order valence-corrected chi connectivity index (χ4v) is 0.818. The van der Waals surface area contributed by atoms with Crippen molar-refractivity contribution in [3.63, 3.8) is 0 Å². The molecule has 1 fully saturated rings. The van der Waals surface area contributed by atoms with Crippen molar-refractivity contribution in [1.29, 1.82) is 0 Å². The minimum Gasteiger partial charge on any atom is -0.359 e. The van der Waals surface area contributed by atoms with Crippen LogP contribution in [-0.4, -0.2) is 36.1 Å². The average molecular weight is 172 g/mol. The highest BCUT2D eigenvalue weighted by atomic mass is 16.6. The summed E-state index contributed by atoms with van der Waals surface area (Å²) in [5.74, 6) is -0.434. The topological polar surface area (TPSA) is 75.7 Å². The van der Waals surface area contributed by atoms with Gasteiger partial charge in [0.1, 0.15) is 0 Å². The smallest absolute Gasteiger partial charge is 0.359 e. The zero-order valence-corrected chi connectivity index (χ0v) is 6.49. The highest BCUT2D eigenvalue weighted by Crippen LogP contribution is 1.98. The Labute approximate surface area is 68.5 Å². The number of hydrogen-bond acceptors (Lipinski definition) is 4. The van der Waals surface area contributed by atoms with E-state index in [1.807, 2.05) is 0 Å². The van der Waals surface area contributed by atoms with E-state index in [1.165, 1.54) is 6.92 Å². The van der Waals surface area contributed by atoms with Gasteiger partial charge >= 0.3 is 12.2 Å². The molecule has 66 valence electrons. The minimum atomic E-state index is -0.919. The summed E-state index contributed by atoms with van der Waals surface area (Å²) in [6, 6.07) is 0. The van der Waals surface area contributed by atoms with Crippen molar-refractivity contribution >= 4 is 18.1 Å². The van der Waals surface area contributed by atoms with Gasteiger partial charge < -0.3 is 10.1 Å². The molecule has 0 unspecified atom stereocenters. The lowest BCUT2D eigenvalue weighted by molar-refractivity contribution is -0.126. The quantitative estimate of drug-likeness (QED) is 0.509. The second-order valence-corrected chi connectivity index (χ2v) is 2.25. The minimum absolute atomic E-state index is 0.153. The van der Waals surface area contributed by atoms with Crippen LogP contribution in [0.25, 0.3) is 0 Å². The standard InChI is InChI=1S/C6H8N2O4/c1-4(9)8-3-2-7-5(10)12-6(8)11/h2-3H2,1H3,(H,7,10). The van der Waals surface area contributed by atoms with Crippen LogP contribution in [0.4, 0.5) is 9.59 Å². The van der Waals surface area contributed by atoms with E-state index < -0.39 is 18.1 Å². The van der Waals surface area contributed by atoms with E-state index in [4.69, 9.17) is 0 Å². The third-order valence-corrected chi connectivity index (χ3v) is 1.39. The Morgan fingerprint density at radius 1 is 1.58 bits per heavy atom. The fourth-order valence-electron chi connectivity index (χ4n) is 0.818. The molecule has 3 amide bonds. The molecular weight excluding hydrogens is 164 g/mol. The van der Waals surface area contributed by atoms with Crippen LogP contribution in [0.15, 0.2) is 0 Å². The number of nitrogens with zero attached hydrogens (tertiary/aromatic N) is 1. The van der Waals surface area contributed by atoms with Gasteiger partial charge in [-0.05, 0) is 0 Å². The maximum absolute atomic E-state index is 10.9. The maximum atomic E-state index is 10.9. The predicted molar refractivity (Wildman–Crippen MR) is 37.3 cm³/mol. The van der Waals surface area contributed by atoms with Crippen molar-refractivity contribution < 1.29 is 19.1 Å². The summed E-state index contributed by atoms with van der Waals surface area (Å²) in [6.45, 7) is 1.61. The normalized spacial score (nSPS) is 17.9. The van der Waals surface area contributed by atoms with Gasteiger partial charge in [0.2, 0.25) is 5.91 Å². The van der Waals surface area contributed by atoms with Gasteiger partial charge in [0.15, 0.2) is 0 Å². The summed E-state index contributed by atoms with van der Waals surface area (Å²) in [5.41, 5.74) is 0. The number of hydrogen-bond donors (Lipinski definition) is 1. The first kappa shape index (κ1) is 8.51. The molecule has 6 heteroatoms. The molecule has 1 N–H and O–H groups in total. The van der Waals surface area contributed by atoms with E-state index in [0.29, 0.717) is 0 Å². The first-order valence-corrected chi connectivity index (χ1v) is 3.39. The van der Waals surface area contributed by atoms with Gasteiger partial charge in [-0.3, -0.25) is 4.79 Å². The molecule has 0 bridgehead atoms. The Morgan fingerprint density at radius 3 is 2.83 bits per heavy atom. The van der Waals surface area contributed by atoms with Crippen LogP contribution in [0.2, 0.25) is 0 Å². The average Bonchev–Trinajstić information content (AvgIpc) is 2.10. The number of ether oxygens (including phenoxy) is 1. The van der Waals surface area contributed by atoms with Crippen molar-refractivity contribution in [1.82, 2.24) is 10.2 Å². The second kappa shape index (κ2) is 3.21. The zero-order chi connectivity index (χ0) is 9.14. The van der Waals surface area contributed by atoms with E-state index in [0.717, 1.165) is 4.90 Å². The van der Waals surface area contributed by atoms with Crippen LogP contribution >= 0.6 is 0 Å². The molecule has 1 rings (SSSR count). The third kappa shape index (κ3) is 1.71. The Balaban J connectivity index is 2.70. The van der Waals surface area contributed by atoms with Crippen LogP contribution in [0.3, 0.4) is 0 Å². The van der Waals surface area contributed by atoms with Crippen LogP contribution in [0.1, 0.15) is 6.92 Å². The van der Waals surface area contributed by atoms with Gasteiger partial charge in [0.05, 0.1) is 0 Å². The molecular formula is C6H8N2O4. The second-order valence-electron chi connectivity index (χ2n) is 2.25. The first-order chi connectivity index (χ1) is 5.61. The molecule has 1 saturated heterocycles. The van der Waals surface area contributed by atoms with Gasteiger partial charge in [-0.15, -0.1) is 0 Å². The lowest BCUT2D eigenvalue weighted by Gasteiger charge is -2.12. The highest BCUT2D eigenvalue weighted by Gasteiger charge is 2.25. The lowest BCUT2D eigenvalue weighted by Crippen LogP contribution is -2.36.